The van der Waals surface area contributed by atoms with E-state index < -0.39 is 29.7 Å². The molecule has 1 aliphatic rings. The van der Waals surface area contributed by atoms with Gasteiger partial charge in [-0.2, -0.15) is 0 Å². The van der Waals surface area contributed by atoms with E-state index in [4.69, 9.17) is 11.5 Å². The van der Waals surface area contributed by atoms with Gasteiger partial charge in [0, 0.05) is 42.3 Å². The highest BCUT2D eigenvalue weighted by molar-refractivity contribution is 5.99. The molecule has 1 aliphatic carbocycles. The zero-order chi connectivity index (χ0) is 22.3. The molecule has 0 spiro atoms. The minimum absolute atomic E-state index is 0.0165. The molecule has 1 amide bonds. The van der Waals surface area contributed by atoms with E-state index in [9.17, 15) is 18.0 Å². The van der Waals surface area contributed by atoms with Crippen LogP contribution in [0.2, 0.25) is 0 Å². The second-order valence-corrected chi connectivity index (χ2v) is 7.83. The van der Waals surface area contributed by atoms with Gasteiger partial charge in [-0.15, -0.1) is 0 Å². The van der Waals surface area contributed by atoms with E-state index in [0.717, 1.165) is 17.0 Å². The van der Waals surface area contributed by atoms with Gasteiger partial charge in [0.1, 0.15) is 5.82 Å². The number of aromatic nitrogens is 2. The third kappa shape index (κ3) is 4.02. The molecule has 1 saturated carbocycles. The van der Waals surface area contributed by atoms with Gasteiger partial charge in [0.25, 0.3) is 11.8 Å². The van der Waals surface area contributed by atoms with Crippen LogP contribution in [0.4, 0.5) is 30.5 Å². The summed E-state index contributed by atoms with van der Waals surface area (Å²) in [5, 5.41) is 6.62. The lowest BCUT2D eigenvalue weighted by molar-refractivity contribution is -0.0555. The van der Waals surface area contributed by atoms with Crippen molar-refractivity contribution in [3.63, 3.8) is 0 Å². The highest BCUT2D eigenvalue weighted by atomic mass is 19.3. The van der Waals surface area contributed by atoms with Gasteiger partial charge in [0.2, 0.25) is 0 Å². The summed E-state index contributed by atoms with van der Waals surface area (Å²) in [6, 6.07) is 6.03. The number of primary amides is 1. The van der Waals surface area contributed by atoms with Crippen molar-refractivity contribution >= 4 is 34.1 Å². The number of carbonyl (C=O) groups excluding carboxylic acids is 1. The molecule has 6 N–H and O–H groups in total. The van der Waals surface area contributed by atoms with Crippen LogP contribution < -0.4 is 22.1 Å². The van der Waals surface area contributed by atoms with Gasteiger partial charge in [0.05, 0.1) is 11.6 Å². The predicted molar refractivity (Wildman–Crippen MR) is 113 cm³/mol. The maximum Gasteiger partial charge on any atom is 0.264 e. The molecule has 0 unspecified atom stereocenters. The number of amides is 1. The Labute approximate surface area is 176 Å². The molecule has 2 heterocycles. The first-order valence-corrected chi connectivity index (χ1v) is 9.88. The average Bonchev–Trinajstić information content (AvgIpc) is 3.07. The van der Waals surface area contributed by atoms with E-state index in [2.05, 4.69) is 15.6 Å². The molecule has 2 atom stereocenters. The van der Waals surface area contributed by atoms with Gasteiger partial charge in [-0.3, -0.25) is 4.79 Å². The minimum atomic E-state index is -3.05. The molecule has 1 aromatic carbocycles. The first-order valence-electron chi connectivity index (χ1n) is 9.88. The molecule has 0 saturated heterocycles. The normalized spacial score (nSPS) is 20.5. The number of hydrogen-bond acceptors (Lipinski definition) is 5. The predicted octanol–water partition coefficient (Wildman–Crippen LogP) is 3.48. The standard InChI is InChI=1S/C21H23F3N6O/c1-30-8-6-11-9-12(4-5-16(11)30)27-19-13(18(26)31)10-14(22)20(29-19)28-15-3-2-7-21(23,24)17(15)25/h4-6,8-10,15,17H,2-3,7,25H2,1H3,(H2,26,31)(H2,27,28,29)/t15-,17-/m1/s1. The number of pyridine rings is 1. The number of benzene rings is 1. The molecule has 31 heavy (non-hydrogen) atoms. The van der Waals surface area contributed by atoms with Gasteiger partial charge >= 0.3 is 0 Å². The third-order valence-electron chi connectivity index (χ3n) is 5.66. The Kier molecular flexibility index (Phi) is 5.26. The van der Waals surface area contributed by atoms with Crippen LogP contribution in [0.25, 0.3) is 10.9 Å². The molecule has 7 nitrogen and oxygen atoms in total. The van der Waals surface area contributed by atoms with E-state index in [1.807, 2.05) is 36.0 Å². The summed E-state index contributed by atoms with van der Waals surface area (Å²) in [5.41, 5.74) is 12.5. The van der Waals surface area contributed by atoms with E-state index in [0.29, 0.717) is 12.1 Å². The number of hydrogen-bond donors (Lipinski definition) is 4. The van der Waals surface area contributed by atoms with Crippen LogP contribution >= 0.6 is 0 Å². The fourth-order valence-corrected chi connectivity index (χ4v) is 3.91. The Bertz CT molecular complexity index is 1150. The molecular formula is C21H23F3N6O. The molecule has 0 aliphatic heterocycles. The summed E-state index contributed by atoms with van der Waals surface area (Å²) >= 11 is 0. The zero-order valence-corrected chi connectivity index (χ0v) is 16.8. The van der Waals surface area contributed by atoms with Crippen LogP contribution in [0, 0.1) is 5.82 Å². The molecule has 0 bridgehead atoms. The summed E-state index contributed by atoms with van der Waals surface area (Å²) < 4.78 is 44.5. The zero-order valence-electron chi connectivity index (χ0n) is 16.8. The Morgan fingerprint density at radius 1 is 1.26 bits per heavy atom. The van der Waals surface area contributed by atoms with Gasteiger partial charge in [-0.1, -0.05) is 0 Å². The van der Waals surface area contributed by atoms with Gasteiger partial charge < -0.3 is 26.7 Å². The highest BCUT2D eigenvalue weighted by Gasteiger charge is 2.45. The minimum Gasteiger partial charge on any atom is -0.365 e. The second kappa shape index (κ2) is 7.77. The van der Waals surface area contributed by atoms with Crippen LogP contribution in [-0.4, -0.2) is 33.5 Å². The van der Waals surface area contributed by atoms with Crippen molar-refractivity contribution in [1.82, 2.24) is 9.55 Å². The van der Waals surface area contributed by atoms with Crippen LogP contribution in [-0.2, 0) is 7.05 Å². The quantitative estimate of drug-likeness (QED) is 0.493. The summed E-state index contributed by atoms with van der Waals surface area (Å²) in [5.74, 6) is -5.05. The number of aryl methyl sites for hydroxylation is 1. The van der Waals surface area contributed by atoms with Crippen molar-refractivity contribution in [2.24, 2.45) is 18.5 Å². The lowest BCUT2D eigenvalue weighted by Gasteiger charge is -2.36. The van der Waals surface area contributed by atoms with Gasteiger partial charge in [-0.05, 0) is 43.2 Å². The van der Waals surface area contributed by atoms with Crippen LogP contribution in [0.5, 0.6) is 0 Å². The number of nitrogens with zero attached hydrogens (tertiary/aromatic N) is 2. The van der Waals surface area contributed by atoms with Gasteiger partial charge in [0.15, 0.2) is 11.6 Å². The fourth-order valence-electron chi connectivity index (χ4n) is 3.91. The summed E-state index contributed by atoms with van der Waals surface area (Å²) in [6.07, 6.45) is 2.20. The third-order valence-corrected chi connectivity index (χ3v) is 5.66. The molecule has 1 fully saturated rings. The Morgan fingerprint density at radius 2 is 2.03 bits per heavy atom. The maximum absolute atomic E-state index is 14.6. The first kappa shape index (κ1) is 21.0. The number of rotatable bonds is 5. The van der Waals surface area contributed by atoms with Gasteiger partial charge in [-0.25, -0.2) is 18.2 Å². The number of nitrogens with two attached hydrogens (primary N) is 2. The number of fused-ring (bicyclic) bond motifs is 1. The smallest absolute Gasteiger partial charge is 0.264 e. The summed E-state index contributed by atoms with van der Waals surface area (Å²) in [7, 11) is 1.92. The Morgan fingerprint density at radius 3 is 2.77 bits per heavy atom. The molecule has 164 valence electrons. The monoisotopic (exact) mass is 432 g/mol. The molecule has 10 heteroatoms. The topological polar surface area (TPSA) is 111 Å². The van der Waals surface area contributed by atoms with Crippen molar-refractivity contribution in [3.05, 3.63) is 47.9 Å². The Balaban J connectivity index is 1.66. The van der Waals surface area contributed by atoms with Crippen molar-refractivity contribution in [2.45, 2.75) is 37.3 Å². The largest absolute Gasteiger partial charge is 0.365 e. The summed E-state index contributed by atoms with van der Waals surface area (Å²) in [6.45, 7) is 0. The number of nitrogens with one attached hydrogen (secondary N) is 2. The number of carbonyl (C=O) groups is 1. The van der Waals surface area contributed by atoms with Crippen molar-refractivity contribution in [3.8, 4) is 0 Å². The van der Waals surface area contributed by atoms with E-state index >= 15 is 0 Å². The average molecular weight is 432 g/mol. The van der Waals surface area contributed by atoms with Crippen molar-refractivity contribution in [1.29, 1.82) is 0 Å². The lowest BCUT2D eigenvalue weighted by Crippen LogP contribution is -2.55. The summed E-state index contributed by atoms with van der Waals surface area (Å²) in [4.78, 5) is 16.0. The Hall–Kier alpha value is -3.27. The number of halogens is 3. The first-order chi connectivity index (χ1) is 14.7. The van der Waals surface area contributed by atoms with E-state index in [-0.39, 0.29) is 30.0 Å². The highest BCUT2D eigenvalue weighted by Crippen LogP contribution is 2.34. The maximum atomic E-state index is 14.6. The van der Waals surface area contributed by atoms with E-state index in [1.165, 1.54) is 0 Å². The van der Waals surface area contributed by atoms with Crippen molar-refractivity contribution in [2.75, 3.05) is 10.6 Å². The SMILES string of the molecule is Cn1ccc2cc(Nc3nc(N[C@@H]4CCCC(F)(F)[C@@H]4N)c(F)cc3C(N)=O)ccc21. The molecule has 4 rings (SSSR count). The number of alkyl halides is 2. The second-order valence-electron chi connectivity index (χ2n) is 7.83. The molecule has 0 radical (unpaired) electrons. The van der Waals surface area contributed by atoms with Crippen LogP contribution in [0.3, 0.4) is 0 Å². The van der Waals surface area contributed by atoms with Crippen molar-refractivity contribution < 1.29 is 18.0 Å². The number of anilines is 3. The van der Waals surface area contributed by atoms with Crippen LogP contribution in [0.15, 0.2) is 36.5 Å². The molecule has 3 aromatic rings. The lowest BCUT2D eigenvalue weighted by atomic mass is 9.87. The van der Waals surface area contributed by atoms with Crippen LogP contribution in [0.1, 0.15) is 29.6 Å². The molecular weight excluding hydrogens is 409 g/mol. The fraction of sp³-hybridized carbons (Fsp3) is 0.333. The van der Waals surface area contributed by atoms with E-state index in [1.54, 1.807) is 6.07 Å². The molecule has 2 aromatic heterocycles.